The van der Waals surface area contributed by atoms with E-state index in [9.17, 15) is 14.0 Å². The van der Waals surface area contributed by atoms with Crippen molar-refractivity contribution in [2.24, 2.45) is 5.92 Å². The van der Waals surface area contributed by atoms with E-state index in [0.717, 1.165) is 31.0 Å². The number of halogens is 1. The van der Waals surface area contributed by atoms with Crippen LogP contribution < -0.4 is 5.32 Å². The van der Waals surface area contributed by atoms with Crippen LogP contribution in [0.15, 0.2) is 24.3 Å². The molecule has 1 aliphatic carbocycles. The highest BCUT2D eigenvalue weighted by atomic mass is 19.1. The second-order valence-corrected chi connectivity index (χ2v) is 8.13. The smallest absolute Gasteiger partial charge is 0.237 e. The number of hydrogen-bond acceptors (Lipinski definition) is 3. The molecule has 1 aliphatic heterocycles. The van der Waals surface area contributed by atoms with Crippen molar-refractivity contribution in [1.29, 1.82) is 0 Å². The number of nitrogens with zero attached hydrogens (tertiary/aromatic N) is 2. The topological polar surface area (TPSA) is 52.7 Å². The van der Waals surface area contributed by atoms with Crippen LogP contribution in [-0.2, 0) is 16.1 Å². The molecule has 1 N–H and O–H groups in total. The molecule has 2 amide bonds. The van der Waals surface area contributed by atoms with Gasteiger partial charge in [-0.05, 0) is 37.0 Å². The maximum atomic E-state index is 12.9. The summed E-state index contributed by atoms with van der Waals surface area (Å²) in [5, 5.41) is 2.92. The number of piperazine rings is 1. The molecule has 1 aromatic rings. The largest absolute Gasteiger partial charge is 0.351 e. The fourth-order valence-corrected chi connectivity index (χ4v) is 4.25. The number of amides is 2. The van der Waals surface area contributed by atoms with Crippen LogP contribution in [0, 0.1) is 11.7 Å². The Kier molecular flexibility index (Phi) is 7.43. The first-order valence-corrected chi connectivity index (χ1v) is 10.6. The van der Waals surface area contributed by atoms with Gasteiger partial charge in [-0.3, -0.25) is 14.5 Å². The Labute approximate surface area is 167 Å². The first-order chi connectivity index (χ1) is 13.5. The SMILES string of the molecule is CC(C(=O)NCc1ccc(F)cc1)N1CCN(C(=O)CCC2CCCC2)CC1. The van der Waals surface area contributed by atoms with Gasteiger partial charge in [0.2, 0.25) is 11.8 Å². The van der Waals surface area contributed by atoms with Crippen LogP contribution in [0.3, 0.4) is 0 Å². The zero-order valence-electron chi connectivity index (χ0n) is 16.8. The number of hydrogen-bond donors (Lipinski definition) is 1. The molecule has 0 bridgehead atoms. The molecule has 1 unspecified atom stereocenters. The number of carbonyl (C=O) groups excluding carboxylic acids is 2. The van der Waals surface area contributed by atoms with Crippen molar-refractivity contribution in [3.05, 3.63) is 35.6 Å². The van der Waals surface area contributed by atoms with Crippen molar-refractivity contribution in [2.45, 2.75) is 58.0 Å². The lowest BCUT2D eigenvalue weighted by Gasteiger charge is -2.37. The molecule has 0 spiro atoms. The number of benzene rings is 1. The zero-order chi connectivity index (χ0) is 19.9. The summed E-state index contributed by atoms with van der Waals surface area (Å²) in [5.41, 5.74) is 0.875. The zero-order valence-corrected chi connectivity index (χ0v) is 16.8. The molecular formula is C22H32FN3O2. The van der Waals surface area contributed by atoms with Crippen LogP contribution in [0.25, 0.3) is 0 Å². The molecule has 3 rings (SSSR count). The number of carbonyl (C=O) groups is 2. The van der Waals surface area contributed by atoms with Gasteiger partial charge in [-0.2, -0.15) is 0 Å². The standard InChI is InChI=1S/C22H32FN3O2/c1-17(22(28)24-16-19-6-9-20(23)10-7-19)25-12-14-26(15-13-25)21(27)11-8-18-4-2-3-5-18/h6-7,9-10,17-18H,2-5,8,11-16H2,1H3,(H,24,28). The molecule has 1 saturated carbocycles. The van der Waals surface area contributed by atoms with Crippen LogP contribution in [0.1, 0.15) is 51.0 Å². The fraction of sp³-hybridized carbons (Fsp3) is 0.636. The van der Waals surface area contributed by atoms with E-state index in [0.29, 0.717) is 26.1 Å². The molecule has 6 heteroatoms. The lowest BCUT2D eigenvalue weighted by molar-refractivity contribution is -0.134. The Morgan fingerprint density at radius 2 is 1.75 bits per heavy atom. The van der Waals surface area contributed by atoms with E-state index in [1.807, 2.05) is 11.8 Å². The van der Waals surface area contributed by atoms with Gasteiger partial charge < -0.3 is 10.2 Å². The van der Waals surface area contributed by atoms with Gasteiger partial charge in [-0.15, -0.1) is 0 Å². The Balaban J connectivity index is 1.37. The van der Waals surface area contributed by atoms with E-state index in [2.05, 4.69) is 10.2 Å². The molecule has 2 fully saturated rings. The van der Waals surface area contributed by atoms with E-state index < -0.39 is 0 Å². The summed E-state index contributed by atoms with van der Waals surface area (Å²) in [7, 11) is 0. The minimum atomic E-state index is -0.279. The first-order valence-electron chi connectivity index (χ1n) is 10.6. The van der Waals surface area contributed by atoms with E-state index in [-0.39, 0.29) is 23.7 Å². The van der Waals surface area contributed by atoms with Crippen LogP contribution in [-0.4, -0.2) is 53.8 Å². The molecule has 5 nitrogen and oxygen atoms in total. The van der Waals surface area contributed by atoms with Gasteiger partial charge in [-0.1, -0.05) is 37.8 Å². The van der Waals surface area contributed by atoms with Crippen molar-refractivity contribution < 1.29 is 14.0 Å². The van der Waals surface area contributed by atoms with E-state index in [1.54, 1.807) is 12.1 Å². The quantitative estimate of drug-likeness (QED) is 0.780. The van der Waals surface area contributed by atoms with Gasteiger partial charge in [0, 0.05) is 39.1 Å². The monoisotopic (exact) mass is 389 g/mol. The molecule has 28 heavy (non-hydrogen) atoms. The Bertz CT molecular complexity index is 650. The van der Waals surface area contributed by atoms with Crippen LogP contribution in [0.2, 0.25) is 0 Å². The van der Waals surface area contributed by atoms with Gasteiger partial charge in [0.25, 0.3) is 0 Å². The van der Waals surface area contributed by atoms with E-state index >= 15 is 0 Å². The molecule has 1 aromatic carbocycles. The highest BCUT2D eigenvalue weighted by Crippen LogP contribution is 2.28. The Morgan fingerprint density at radius 3 is 2.39 bits per heavy atom. The van der Waals surface area contributed by atoms with Gasteiger partial charge in [0.05, 0.1) is 6.04 Å². The highest BCUT2D eigenvalue weighted by molar-refractivity contribution is 5.81. The maximum absolute atomic E-state index is 12.9. The van der Waals surface area contributed by atoms with Gasteiger partial charge in [-0.25, -0.2) is 4.39 Å². The summed E-state index contributed by atoms with van der Waals surface area (Å²) in [5.74, 6) is 0.694. The minimum Gasteiger partial charge on any atom is -0.351 e. The van der Waals surface area contributed by atoms with E-state index in [4.69, 9.17) is 0 Å². The van der Waals surface area contributed by atoms with Crippen LogP contribution in [0.4, 0.5) is 4.39 Å². The molecular weight excluding hydrogens is 357 g/mol. The number of rotatable bonds is 7. The van der Waals surface area contributed by atoms with Crippen molar-refractivity contribution in [2.75, 3.05) is 26.2 Å². The predicted molar refractivity (Wildman–Crippen MR) is 107 cm³/mol. The fourth-order valence-electron chi connectivity index (χ4n) is 4.25. The van der Waals surface area contributed by atoms with Gasteiger partial charge >= 0.3 is 0 Å². The van der Waals surface area contributed by atoms with Gasteiger partial charge in [0.1, 0.15) is 5.82 Å². The predicted octanol–water partition coefficient (Wildman–Crippen LogP) is 2.95. The second-order valence-electron chi connectivity index (χ2n) is 8.13. The lowest BCUT2D eigenvalue weighted by Crippen LogP contribution is -2.54. The van der Waals surface area contributed by atoms with Crippen molar-refractivity contribution in [1.82, 2.24) is 15.1 Å². The molecule has 2 aliphatic rings. The summed E-state index contributed by atoms with van der Waals surface area (Å²) in [6.45, 7) is 5.12. The Hall–Kier alpha value is -1.95. The second kappa shape index (κ2) is 10.0. The summed E-state index contributed by atoms with van der Waals surface area (Å²) in [4.78, 5) is 29.0. The summed E-state index contributed by atoms with van der Waals surface area (Å²) in [6, 6.07) is 5.91. The molecule has 1 saturated heterocycles. The summed E-state index contributed by atoms with van der Waals surface area (Å²) in [6.07, 6.45) is 6.90. The average Bonchev–Trinajstić information content (AvgIpc) is 3.24. The van der Waals surface area contributed by atoms with Crippen molar-refractivity contribution in [3.63, 3.8) is 0 Å². The number of nitrogens with one attached hydrogen (secondary N) is 1. The van der Waals surface area contributed by atoms with Gasteiger partial charge in [0.15, 0.2) is 0 Å². The van der Waals surface area contributed by atoms with Crippen LogP contribution in [0.5, 0.6) is 0 Å². The lowest BCUT2D eigenvalue weighted by atomic mass is 10.0. The molecule has 1 heterocycles. The van der Waals surface area contributed by atoms with Crippen LogP contribution >= 0.6 is 0 Å². The minimum absolute atomic E-state index is 0.0367. The highest BCUT2D eigenvalue weighted by Gasteiger charge is 2.27. The summed E-state index contributed by atoms with van der Waals surface area (Å²) < 4.78 is 12.9. The van der Waals surface area contributed by atoms with E-state index in [1.165, 1.54) is 37.8 Å². The normalized spacial score (nSPS) is 19.6. The molecule has 154 valence electrons. The Morgan fingerprint density at radius 1 is 1.11 bits per heavy atom. The first kappa shape index (κ1) is 20.8. The third kappa shape index (κ3) is 5.77. The maximum Gasteiger partial charge on any atom is 0.237 e. The summed E-state index contributed by atoms with van der Waals surface area (Å²) >= 11 is 0. The molecule has 1 atom stereocenters. The average molecular weight is 390 g/mol. The third-order valence-corrected chi connectivity index (χ3v) is 6.22. The molecule has 0 radical (unpaired) electrons. The van der Waals surface area contributed by atoms with Crippen molar-refractivity contribution in [3.8, 4) is 0 Å². The van der Waals surface area contributed by atoms with Crippen molar-refractivity contribution >= 4 is 11.8 Å². The third-order valence-electron chi connectivity index (χ3n) is 6.22. The molecule has 0 aromatic heterocycles.